The van der Waals surface area contributed by atoms with Crippen LogP contribution >= 0.6 is 0 Å². The number of carbonyl (C=O) groups excluding carboxylic acids is 1. The monoisotopic (exact) mass is 451 g/mol. The number of ether oxygens (including phenoxy) is 1. The van der Waals surface area contributed by atoms with Crippen LogP contribution in [0.2, 0.25) is 0 Å². The van der Waals surface area contributed by atoms with Gasteiger partial charge < -0.3 is 24.3 Å². The Hall–Kier alpha value is -3.73. The minimum Gasteiger partial charge on any atom is -0.388 e. The van der Waals surface area contributed by atoms with Crippen LogP contribution in [0.5, 0.6) is 0 Å². The Morgan fingerprint density at radius 1 is 1.30 bits per heavy atom. The normalized spacial score (nSPS) is 17.6. The Morgan fingerprint density at radius 2 is 2.18 bits per heavy atom. The zero-order chi connectivity index (χ0) is 22.9. The van der Waals surface area contributed by atoms with E-state index in [0.717, 1.165) is 19.4 Å². The summed E-state index contributed by atoms with van der Waals surface area (Å²) in [6, 6.07) is 7.47. The van der Waals surface area contributed by atoms with Crippen molar-refractivity contribution in [1.29, 1.82) is 0 Å². The maximum atomic E-state index is 13.6. The van der Waals surface area contributed by atoms with Gasteiger partial charge in [0.2, 0.25) is 11.8 Å². The van der Waals surface area contributed by atoms with Gasteiger partial charge in [-0.15, -0.1) is 5.10 Å². The van der Waals surface area contributed by atoms with E-state index in [2.05, 4.69) is 25.3 Å². The third-order valence-electron chi connectivity index (χ3n) is 6.03. The number of nitrogens with zero attached hydrogens (tertiary/aromatic N) is 6. The molecule has 172 valence electrons. The van der Waals surface area contributed by atoms with Crippen LogP contribution in [0, 0.1) is 0 Å². The Bertz CT molecular complexity index is 1240. The first-order valence-electron chi connectivity index (χ1n) is 10.9. The van der Waals surface area contributed by atoms with Crippen LogP contribution < -0.4 is 20.9 Å². The Morgan fingerprint density at radius 3 is 3.00 bits per heavy atom. The molecule has 4 heterocycles. The molecule has 1 saturated heterocycles. The molecule has 2 aliphatic heterocycles. The number of benzene rings is 1. The maximum absolute atomic E-state index is 13.6. The molecule has 0 saturated carbocycles. The second kappa shape index (κ2) is 8.66. The number of nitrogens with one attached hydrogen (secondary N) is 1. The Labute approximate surface area is 190 Å². The highest BCUT2D eigenvalue weighted by molar-refractivity contribution is 6.10. The lowest BCUT2D eigenvalue weighted by Gasteiger charge is -2.27. The lowest BCUT2D eigenvalue weighted by molar-refractivity contribution is 0.0988. The van der Waals surface area contributed by atoms with E-state index >= 15 is 0 Å². The van der Waals surface area contributed by atoms with Gasteiger partial charge in [-0.3, -0.25) is 4.79 Å². The number of amides is 1. The molecule has 5 rings (SSSR count). The molecular formula is C22H25N7O4. The summed E-state index contributed by atoms with van der Waals surface area (Å²) in [5.74, 6) is 0.646. The number of anilines is 3. The molecule has 2 aromatic heterocycles. The average molecular weight is 451 g/mol. The fourth-order valence-electron chi connectivity index (χ4n) is 4.38. The highest BCUT2D eigenvalue weighted by atomic mass is 16.5. The third-order valence-corrected chi connectivity index (χ3v) is 6.03. The molecule has 1 fully saturated rings. The van der Waals surface area contributed by atoms with Gasteiger partial charge in [0, 0.05) is 50.7 Å². The second-order valence-electron chi connectivity index (χ2n) is 8.03. The highest BCUT2D eigenvalue weighted by Gasteiger charge is 2.37. The number of fused-ring (bicyclic) bond motifs is 3. The number of aromatic nitrogens is 4. The van der Waals surface area contributed by atoms with Crippen molar-refractivity contribution >= 4 is 23.4 Å². The van der Waals surface area contributed by atoms with Gasteiger partial charge in [0.05, 0.1) is 13.2 Å². The van der Waals surface area contributed by atoms with Crippen LogP contribution in [0.3, 0.4) is 0 Å². The van der Waals surface area contributed by atoms with Crippen molar-refractivity contribution in [3.63, 3.8) is 0 Å². The fraction of sp³-hybridized carbons (Fsp3) is 0.409. The van der Waals surface area contributed by atoms with Gasteiger partial charge in [-0.05, 0) is 31.0 Å². The van der Waals surface area contributed by atoms with Crippen molar-refractivity contribution in [3.05, 3.63) is 46.6 Å². The molecule has 0 aliphatic carbocycles. The van der Waals surface area contributed by atoms with Gasteiger partial charge in [-0.25, -0.2) is 9.78 Å². The first-order chi connectivity index (χ1) is 16.1. The summed E-state index contributed by atoms with van der Waals surface area (Å²) < 4.78 is 11.6. The van der Waals surface area contributed by atoms with Crippen LogP contribution in [0.4, 0.5) is 17.5 Å². The number of hydrogen-bond acceptors (Lipinski definition) is 9. The summed E-state index contributed by atoms with van der Waals surface area (Å²) in [5, 5.41) is 7.22. The van der Waals surface area contributed by atoms with Gasteiger partial charge in [0.15, 0.2) is 0 Å². The molecule has 0 unspecified atom stereocenters. The summed E-state index contributed by atoms with van der Waals surface area (Å²) in [5.41, 5.74) is 1.78. The SMILES string of the molecule is CNc1ncc2c(n1)N1CCC[C@H]1CN(c1cccc(-c3nn(CCOC)c(=O)o3)c1)C2=O. The lowest BCUT2D eigenvalue weighted by atomic mass is 10.1. The van der Waals surface area contributed by atoms with E-state index in [9.17, 15) is 9.59 Å². The van der Waals surface area contributed by atoms with Crippen molar-refractivity contribution in [2.45, 2.75) is 25.4 Å². The van der Waals surface area contributed by atoms with Crippen molar-refractivity contribution in [2.75, 3.05) is 49.0 Å². The van der Waals surface area contributed by atoms with E-state index in [-0.39, 0.29) is 17.8 Å². The predicted octanol–water partition coefficient (Wildman–Crippen LogP) is 1.61. The zero-order valence-electron chi connectivity index (χ0n) is 18.5. The molecule has 1 amide bonds. The van der Waals surface area contributed by atoms with Gasteiger partial charge in [-0.1, -0.05) is 6.07 Å². The topological polar surface area (TPSA) is 119 Å². The van der Waals surface area contributed by atoms with E-state index in [0.29, 0.717) is 48.3 Å². The van der Waals surface area contributed by atoms with Crippen LogP contribution in [-0.2, 0) is 11.3 Å². The Balaban J connectivity index is 1.52. The zero-order valence-corrected chi connectivity index (χ0v) is 18.5. The number of carbonyl (C=O) groups is 1. The van der Waals surface area contributed by atoms with Gasteiger partial charge in [0.25, 0.3) is 5.91 Å². The van der Waals surface area contributed by atoms with Gasteiger partial charge in [-0.2, -0.15) is 9.67 Å². The largest absolute Gasteiger partial charge is 0.437 e. The minimum absolute atomic E-state index is 0.157. The van der Waals surface area contributed by atoms with Crippen LogP contribution in [-0.4, -0.2) is 65.6 Å². The van der Waals surface area contributed by atoms with E-state index in [1.807, 2.05) is 18.2 Å². The van der Waals surface area contributed by atoms with Crippen molar-refractivity contribution < 1.29 is 13.9 Å². The van der Waals surface area contributed by atoms with Crippen LogP contribution in [0.15, 0.2) is 39.7 Å². The molecule has 0 spiro atoms. The molecule has 2 aliphatic rings. The average Bonchev–Trinajstić information content (AvgIpc) is 3.44. The number of rotatable bonds is 6. The summed E-state index contributed by atoms with van der Waals surface area (Å²) in [7, 11) is 3.32. The summed E-state index contributed by atoms with van der Waals surface area (Å²) in [6.45, 7) is 2.03. The standard InChI is InChI=1S/C22H25N7O4/c1-23-21-24-12-17-18(25-21)27-8-4-7-16(27)13-28(20(17)30)15-6-3-5-14(11-15)19-26-29(9-10-32-2)22(31)33-19/h3,5-6,11-12,16H,4,7-10,13H2,1-2H3,(H,23,24,25)/t16-/m0/s1. The molecular weight excluding hydrogens is 426 g/mol. The number of methoxy groups -OCH3 is 1. The second-order valence-corrected chi connectivity index (χ2v) is 8.03. The van der Waals surface area contributed by atoms with Crippen molar-refractivity contribution in [1.82, 2.24) is 19.7 Å². The molecule has 1 N–H and O–H groups in total. The van der Waals surface area contributed by atoms with E-state index in [1.165, 1.54) is 4.68 Å². The summed E-state index contributed by atoms with van der Waals surface area (Å²) in [4.78, 5) is 38.5. The van der Waals surface area contributed by atoms with Crippen molar-refractivity contribution in [3.8, 4) is 11.5 Å². The molecule has 1 atom stereocenters. The molecule has 11 heteroatoms. The van der Waals surface area contributed by atoms with E-state index in [1.54, 1.807) is 31.3 Å². The third kappa shape index (κ3) is 3.84. The molecule has 0 bridgehead atoms. The van der Waals surface area contributed by atoms with Crippen LogP contribution in [0.25, 0.3) is 11.5 Å². The van der Waals surface area contributed by atoms with Gasteiger partial charge in [0.1, 0.15) is 11.4 Å². The van der Waals surface area contributed by atoms with E-state index < -0.39 is 5.76 Å². The van der Waals surface area contributed by atoms with Crippen molar-refractivity contribution in [2.24, 2.45) is 0 Å². The molecule has 3 aromatic rings. The first-order valence-corrected chi connectivity index (χ1v) is 10.9. The fourth-order valence-corrected chi connectivity index (χ4v) is 4.38. The quantitative estimate of drug-likeness (QED) is 0.596. The van der Waals surface area contributed by atoms with E-state index in [4.69, 9.17) is 9.15 Å². The molecule has 33 heavy (non-hydrogen) atoms. The summed E-state index contributed by atoms with van der Waals surface area (Å²) in [6.07, 6.45) is 3.60. The lowest BCUT2D eigenvalue weighted by Crippen LogP contribution is -2.39. The molecule has 0 radical (unpaired) electrons. The molecule has 1 aromatic carbocycles. The van der Waals surface area contributed by atoms with Crippen LogP contribution in [0.1, 0.15) is 23.2 Å². The minimum atomic E-state index is -0.550. The predicted molar refractivity (Wildman–Crippen MR) is 122 cm³/mol. The maximum Gasteiger partial charge on any atom is 0.437 e. The summed E-state index contributed by atoms with van der Waals surface area (Å²) >= 11 is 0. The highest BCUT2D eigenvalue weighted by Crippen LogP contribution is 2.34. The number of hydrogen-bond donors (Lipinski definition) is 1. The molecule has 11 nitrogen and oxygen atoms in total. The smallest absolute Gasteiger partial charge is 0.388 e. The Kier molecular flexibility index (Phi) is 5.55. The first kappa shape index (κ1) is 21.1. The van der Waals surface area contributed by atoms with Gasteiger partial charge >= 0.3 is 5.76 Å².